The number of hydrogen-bond acceptors (Lipinski definition) is 4. The van der Waals surface area contributed by atoms with Gasteiger partial charge in [0.15, 0.2) is 0 Å². The molecule has 3 rings (SSSR count). The van der Waals surface area contributed by atoms with Gasteiger partial charge in [-0.3, -0.25) is 4.90 Å². The fourth-order valence-electron chi connectivity index (χ4n) is 3.59. The molecule has 0 spiro atoms. The third-order valence-electron chi connectivity index (χ3n) is 5.10. The van der Waals surface area contributed by atoms with Crippen molar-refractivity contribution in [1.82, 2.24) is 9.21 Å². The third kappa shape index (κ3) is 3.60. The Kier molecular flexibility index (Phi) is 5.06. The highest BCUT2D eigenvalue weighted by Gasteiger charge is 2.33. The number of β-amino-alcohol motifs (C(OH)–C–C–N with tert-alkyl or cyclic N) is 1. The van der Waals surface area contributed by atoms with Gasteiger partial charge >= 0.3 is 0 Å². The fourth-order valence-corrected chi connectivity index (χ4v) is 5.06. The molecular formula is C17H26N2O3S. The number of rotatable bonds is 4. The Balaban J connectivity index is 1.63. The Morgan fingerprint density at radius 2 is 1.74 bits per heavy atom. The molecule has 2 heterocycles. The number of likely N-dealkylation sites (tertiary alicyclic amines) is 1. The number of sulfonamides is 1. The quantitative estimate of drug-likeness (QED) is 0.903. The van der Waals surface area contributed by atoms with Crippen molar-refractivity contribution in [2.24, 2.45) is 0 Å². The number of nitrogens with zero attached hydrogens (tertiary/aromatic N) is 2. The van der Waals surface area contributed by atoms with Crippen molar-refractivity contribution in [3.8, 4) is 0 Å². The molecule has 128 valence electrons. The Morgan fingerprint density at radius 1 is 1.09 bits per heavy atom. The highest BCUT2D eigenvalue weighted by atomic mass is 32.2. The van der Waals surface area contributed by atoms with Crippen LogP contribution in [0.15, 0.2) is 29.2 Å². The van der Waals surface area contributed by atoms with E-state index in [-0.39, 0.29) is 6.10 Å². The molecule has 0 aliphatic carbocycles. The lowest BCUT2D eigenvalue weighted by atomic mass is 10.1. The predicted molar refractivity (Wildman–Crippen MR) is 89.8 cm³/mol. The summed E-state index contributed by atoms with van der Waals surface area (Å²) in [6, 6.07) is 7.63. The summed E-state index contributed by atoms with van der Waals surface area (Å²) in [5.74, 6) is 0. The Morgan fingerprint density at radius 3 is 2.26 bits per heavy atom. The van der Waals surface area contributed by atoms with Crippen LogP contribution in [-0.4, -0.2) is 61.1 Å². The minimum Gasteiger partial charge on any atom is -0.392 e. The van der Waals surface area contributed by atoms with Crippen LogP contribution >= 0.6 is 0 Å². The second-order valence-corrected chi connectivity index (χ2v) is 8.51. The molecule has 0 unspecified atom stereocenters. The van der Waals surface area contributed by atoms with E-state index in [1.54, 1.807) is 16.4 Å². The first-order chi connectivity index (χ1) is 11.0. The molecule has 1 aromatic carbocycles. The molecule has 6 heteroatoms. The predicted octanol–water partition coefficient (Wildman–Crippen LogP) is 1.47. The minimum absolute atomic E-state index is 0.214. The van der Waals surface area contributed by atoms with Gasteiger partial charge in [-0.1, -0.05) is 19.1 Å². The van der Waals surface area contributed by atoms with Crippen molar-refractivity contribution >= 4 is 10.0 Å². The van der Waals surface area contributed by atoms with Crippen LogP contribution in [0, 0.1) is 0 Å². The second-order valence-electron chi connectivity index (χ2n) is 6.57. The molecule has 0 radical (unpaired) electrons. The van der Waals surface area contributed by atoms with Crippen molar-refractivity contribution in [3.63, 3.8) is 0 Å². The van der Waals surface area contributed by atoms with Crippen LogP contribution in [-0.2, 0) is 16.4 Å². The fraction of sp³-hybridized carbons (Fsp3) is 0.647. The largest absolute Gasteiger partial charge is 0.392 e. The van der Waals surface area contributed by atoms with Gasteiger partial charge in [0.1, 0.15) is 0 Å². The molecule has 2 fully saturated rings. The summed E-state index contributed by atoms with van der Waals surface area (Å²) >= 11 is 0. The highest BCUT2D eigenvalue weighted by molar-refractivity contribution is 7.89. The molecule has 0 bridgehead atoms. The number of benzene rings is 1. The van der Waals surface area contributed by atoms with Gasteiger partial charge in [0, 0.05) is 32.2 Å². The summed E-state index contributed by atoms with van der Waals surface area (Å²) in [6.07, 6.45) is 3.22. The van der Waals surface area contributed by atoms with Crippen LogP contribution in [0.4, 0.5) is 0 Å². The van der Waals surface area contributed by atoms with E-state index in [9.17, 15) is 13.5 Å². The zero-order valence-electron chi connectivity index (χ0n) is 13.7. The highest BCUT2D eigenvalue weighted by Crippen LogP contribution is 2.25. The molecule has 2 aliphatic heterocycles. The Labute approximate surface area is 139 Å². The zero-order chi connectivity index (χ0) is 16.4. The van der Waals surface area contributed by atoms with E-state index in [4.69, 9.17) is 0 Å². The summed E-state index contributed by atoms with van der Waals surface area (Å²) < 4.78 is 27.1. The molecular weight excluding hydrogens is 312 g/mol. The molecule has 0 saturated carbocycles. The van der Waals surface area contributed by atoms with E-state index in [0.717, 1.165) is 44.3 Å². The van der Waals surface area contributed by atoms with Crippen LogP contribution in [0.25, 0.3) is 0 Å². The summed E-state index contributed by atoms with van der Waals surface area (Å²) in [6.45, 7) is 4.85. The van der Waals surface area contributed by atoms with Crippen molar-refractivity contribution < 1.29 is 13.5 Å². The van der Waals surface area contributed by atoms with E-state index in [1.807, 2.05) is 12.1 Å². The number of hydrogen-bond donors (Lipinski definition) is 1. The van der Waals surface area contributed by atoms with Crippen LogP contribution in [0.2, 0.25) is 0 Å². The first-order valence-electron chi connectivity index (χ1n) is 8.52. The van der Waals surface area contributed by atoms with E-state index in [1.165, 1.54) is 0 Å². The monoisotopic (exact) mass is 338 g/mol. The first-order valence-corrected chi connectivity index (χ1v) is 9.96. The Hall–Kier alpha value is -0.950. The number of piperidine rings is 1. The van der Waals surface area contributed by atoms with Gasteiger partial charge in [0.05, 0.1) is 11.0 Å². The molecule has 5 nitrogen and oxygen atoms in total. The van der Waals surface area contributed by atoms with Crippen LogP contribution in [0.5, 0.6) is 0 Å². The van der Waals surface area contributed by atoms with Gasteiger partial charge in [-0.15, -0.1) is 0 Å². The SMILES string of the molecule is CCc1ccc(S(=O)(=O)N2CCC(N3CC[C@H](O)C3)CC2)cc1. The van der Waals surface area contributed by atoms with Gasteiger partial charge in [0.2, 0.25) is 10.0 Å². The van der Waals surface area contributed by atoms with Crippen molar-refractivity contribution in [1.29, 1.82) is 0 Å². The smallest absolute Gasteiger partial charge is 0.243 e. The third-order valence-corrected chi connectivity index (χ3v) is 7.02. The first kappa shape index (κ1) is 16.9. The molecule has 0 amide bonds. The Bertz CT molecular complexity index is 622. The molecule has 1 N–H and O–H groups in total. The summed E-state index contributed by atoms with van der Waals surface area (Å²) in [4.78, 5) is 2.70. The molecule has 2 saturated heterocycles. The normalized spacial score (nSPS) is 25.0. The molecule has 23 heavy (non-hydrogen) atoms. The van der Waals surface area contributed by atoms with E-state index in [0.29, 0.717) is 24.0 Å². The van der Waals surface area contributed by atoms with Crippen molar-refractivity contribution in [2.45, 2.75) is 49.6 Å². The minimum atomic E-state index is -3.38. The van der Waals surface area contributed by atoms with Gasteiger partial charge in [0.25, 0.3) is 0 Å². The second kappa shape index (κ2) is 6.89. The molecule has 1 aromatic rings. The average Bonchev–Trinajstić information content (AvgIpc) is 3.01. The topological polar surface area (TPSA) is 60.9 Å². The van der Waals surface area contributed by atoms with Gasteiger partial charge in [-0.25, -0.2) is 8.42 Å². The van der Waals surface area contributed by atoms with Crippen LogP contribution in [0.3, 0.4) is 0 Å². The number of aliphatic hydroxyl groups is 1. The van der Waals surface area contributed by atoms with Crippen LogP contribution < -0.4 is 0 Å². The molecule has 2 aliphatic rings. The standard InChI is InChI=1S/C17H26N2O3S/c1-2-14-3-5-17(6-4-14)23(21,22)19-11-7-15(8-12-19)18-10-9-16(20)13-18/h3-6,15-16,20H,2,7-13H2,1H3/t16-/m0/s1. The maximum Gasteiger partial charge on any atom is 0.243 e. The number of aryl methyl sites for hydroxylation is 1. The van der Waals surface area contributed by atoms with E-state index < -0.39 is 10.0 Å². The zero-order valence-corrected chi connectivity index (χ0v) is 14.5. The molecule has 0 aromatic heterocycles. The van der Waals surface area contributed by atoms with Crippen molar-refractivity contribution in [2.75, 3.05) is 26.2 Å². The van der Waals surface area contributed by atoms with Crippen LogP contribution in [0.1, 0.15) is 31.7 Å². The van der Waals surface area contributed by atoms with E-state index >= 15 is 0 Å². The van der Waals surface area contributed by atoms with E-state index in [2.05, 4.69) is 11.8 Å². The van der Waals surface area contributed by atoms with Crippen molar-refractivity contribution in [3.05, 3.63) is 29.8 Å². The summed E-state index contributed by atoms with van der Waals surface area (Å²) in [5, 5.41) is 9.65. The lowest BCUT2D eigenvalue weighted by Gasteiger charge is -2.36. The van der Waals surface area contributed by atoms with Gasteiger partial charge in [-0.05, 0) is 43.4 Å². The summed E-state index contributed by atoms with van der Waals surface area (Å²) in [5.41, 5.74) is 1.15. The average molecular weight is 338 g/mol. The maximum atomic E-state index is 12.7. The van der Waals surface area contributed by atoms with Gasteiger partial charge < -0.3 is 5.11 Å². The molecule has 1 atom stereocenters. The lowest BCUT2D eigenvalue weighted by Crippen LogP contribution is -2.46. The van der Waals surface area contributed by atoms with Gasteiger partial charge in [-0.2, -0.15) is 4.31 Å². The maximum absolute atomic E-state index is 12.7. The summed E-state index contributed by atoms with van der Waals surface area (Å²) in [7, 11) is -3.38. The number of aliphatic hydroxyl groups excluding tert-OH is 1. The lowest BCUT2D eigenvalue weighted by molar-refractivity contribution is 0.132.